The second-order valence-electron chi connectivity index (χ2n) is 5.71. The molecule has 106 valence electrons. The fraction of sp³-hybridized carbons (Fsp3) is 0.688. The lowest BCUT2D eigenvalue weighted by atomic mass is 10.1. The Hall–Kier alpha value is -1.09. The number of methoxy groups -OCH3 is 1. The maximum absolute atomic E-state index is 5.46. The molecule has 3 heteroatoms. The number of nitrogens with one attached hydrogen (secondary N) is 1. The molecule has 0 radical (unpaired) electrons. The minimum atomic E-state index is 0.626. The highest BCUT2D eigenvalue weighted by atomic mass is 16.5. The largest absolute Gasteiger partial charge is 0.496 e. The first kappa shape index (κ1) is 14.3. The van der Waals surface area contributed by atoms with Crippen molar-refractivity contribution < 1.29 is 4.74 Å². The van der Waals surface area contributed by atoms with Gasteiger partial charge in [-0.25, -0.2) is 0 Å². The van der Waals surface area contributed by atoms with Crippen molar-refractivity contribution in [2.75, 3.05) is 7.11 Å². The van der Waals surface area contributed by atoms with Gasteiger partial charge in [0, 0.05) is 29.9 Å². The van der Waals surface area contributed by atoms with E-state index < -0.39 is 0 Å². The van der Waals surface area contributed by atoms with Crippen LogP contribution in [0.3, 0.4) is 0 Å². The molecular weight excluding hydrogens is 236 g/mol. The minimum Gasteiger partial charge on any atom is -0.496 e. The molecule has 1 aliphatic rings. The lowest BCUT2D eigenvalue weighted by Gasteiger charge is -2.18. The SMILES string of the molecule is CCC(CC1CC1)NCc1ncc(C)c(OC)c1C. The van der Waals surface area contributed by atoms with Crippen LogP contribution in [0.1, 0.15) is 49.4 Å². The zero-order valence-electron chi connectivity index (χ0n) is 12.6. The van der Waals surface area contributed by atoms with Gasteiger partial charge in [0.1, 0.15) is 5.75 Å². The maximum Gasteiger partial charge on any atom is 0.128 e. The van der Waals surface area contributed by atoms with Crippen molar-refractivity contribution in [1.82, 2.24) is 10.3 Å². The standard InChI is InChI=1S/C16H26N2O/c1-5-14(8-13-6-7-13)17-10-15-12(3)16(19-4)11(2)9-18-15/h9,13-14,17H,5-8,10H2,1-4H3. The van der Waals surface area contributed by atoms with E-state index in [0.29, 0.717) is 6.04 Å². The van der Waals surface area contributed by atoms with E-state index in [9.17, 15) is 0 Å². The van der Waals surface area contributed by atoms with Crippen molar-refractivity contribution >= 4 is 0 Å². The molecule has 1 N–H and O–H groups in total. The Labute approximate surface area is 116 Å². The Morgan fingerprint density at radius 2 is 2.16 bits per heavy atom. The molecule has 0 amide bonds. The highest BCUT2D eigenvalue weighted by Gasteiger charge is 2.24. The molecule has 1 aliphatic carbocycles. The first-order chi connectivity index (χ1) is 9.15. The summed E-state index contributed by atoms with van der Waals surface area (Å²) < 4.78 is 5.46. The van der Waals surface area contributed by atoms with E-state index in [4.69, 9.17) is 4.74 Å². The van der Waals surface area contributed by atoms with Crippen molar-refractivity contribution in [3.63, 3.8) is 0 Å². The molecule has 0 spiro atoms. The predicted molar refractivity (Wildman–Crippen MR) is 78.5 cm³/mol. The molecule has 0 aliphatic heterocycles. The number of hydrogen-bond acceptors (Lipinski definition) is 3. The normalized spacial score (nSPS) is 16.4. The quantitative estimate of drug-likeness (QED) is 0.818. The van der Waals surface area contributed by atoms with E-state index >= 15 is 0 Å². The van der Waals surface area contributed by atoms with Crippen LogP contribution in [0.4, 0.5) is 0 Å². The molecule has 0 saturated heterocycles. The average Bonchev–Trinajstić information content (AvgIpc) is 3.21. The Bertz CT molecular complexity index is 427. The summed E-state index contributed by atoms with van der Waals surface area (Å²) >= 11 is 0. The third-order valence-electron chi connectivity index (χ3n) is 4.12. The summed E-state index contributed by atoms with van der Waals surface area (Å²) in [6.07, 6.45) is 7.27. The van der Waals surface area contributed by atoms with Gasteiger partial charge in [0.25, 0.3) is 0 Å². The smallest absolute Gasteiger partial charge is 0.128 e. The van der Waals surface area contributed by atoms with Crippen LogP contribution in [-0.2, 0) is 6.54 Å². The summed E-state index contributed by atoms with van der Waals surface area (Å²) in [6, 6.07) is 0.626. The molecule has 1 aromatic heterocycles. The highest BCUT2D eigenvalue weighted by molar-refractivity contribution is 5.40. The van der Waals surface area contributed by atoms with E-state index in [1.807, 2.05) is 13.1 Å². The average molecular weight is 262 g/mol. The van der Waals surface area contributed by atoms with Gasteiger partial charge in [0.2, 0.25) is 0 Å². The van der Waals surface area contributed by atoms with Crippen LogP contribution in [0, 0.1) is 19.8 Å². The molecular formula is C16H26N2O. The third-order valence-corrected chi connectivity index (χ3v) is 4.12. The van der Waals surface area contributed by atoms with Crippen LogP contribution in [0.5, 0.6) is 5.75 Å². The number of aryl methyl sites for hydroxylation is 1. The zero-order chi connectivity index (χ0) is 13.8. The summed E-state index contributed by atoms with van der Waals surface area (Å²) in [5.74, 6) is 1.95. The van der Waals surface area contributed by atoms with Crippen LogP contribution >= 0.6 is 0 Å². The topological polar surface area (TPSA) is 34.2 Å². The number of nitrogens with zero attached hydrogens (tertiary/aromatic N) is 1. The number of hydrogen-bond donors (Lipinski definition) is 1. The molecule has 0 bridgehead atoms. The molecule has 1 aromatic rings. The van der Waals surface area contributed by atoms with Gasteiger partial charge in [-0.15, -0.1) is 0 Å². The zero-order valence-corrected chi connectivity index (χ0v) is 12.6. The van der Waals surface area contributed by atoms with Crippen molar-refractivity contribution in [3.8, 4) is 5.75 Å². The van der Waals surface area contributed by atoms with Crippen LogP contribution < -0.4 is 10.1 Å². The lowest BCUT2D eigenvalue weighted by Crippen LogP contribution is -2.29. The molecule has 1 heterocycles. The Balaban J connectivity index is 1.97. The van der Waals surface area contributed by atoms with Crippen LogP contribution in [-0.4, -0.2) is 18.1 Å². The first-order valence-electron chi connectivity index (χ1n) is 7.38. The summed E-state index contributed by atoms with van der Waals surface area (Å²) in [5, 5.41) is 3.65. The summed E-state index contributed by atoms with van der Waals surface area (Å²) in [4.78, 5) is 4.54. The Morgan fingerprint density at radius 1 is 1.42 bits per heavy atom. The molecule has 1 unspecified atom stereocenters. The third kappa shape index (κ3) is 3.69. The molecule has 2 rings (SSSR count). The van der Waals surface area contributed by atoms with E-state index in [0.717, 1.165) is 35.0 Å². The lowest BCUT2D eigenvalue weighted by molar-refractivity contribution is 0.404. The summed E-state index contributed by atoms with van der Waals surface area (Å²) in [5.41, 5.74) is 3.38. The summed E-state index contributed by atoms with van der Waals surface area (Å²) in [7, 11) is 1.73. The van der Waals surface area contributed by atoms with E-state index in [1.54, 1.807) is 7.11 Å². The van der Waals surface area contributed by atoms with Crippen LogP contribution in [0.2, 0.25) is 0 Å². The first-order valence-corrected chi connectivity index (χ1v) is 7.38. The number of aromatic nitrogens is 1. The summed E-state index contributed by atoms with van der Waals surface area (Å²) in [6.45, 7) is 7.24. The van der Waals surface area contributed by atoms with Gasteiger partial charge in [-0.1, -0.05) is 19.8 Å². The van der Waals surface area contributed by atoms with Gasteiger partial charge < -0.3 is 10.1 Å². The maximum atomic E-state index is 5.46. The van der Waals surface area contributed by atoms with Crippen molar-refractivity contribution in [3.05, 3.63) is 23.0 Å². The van der Waals surface area contributed by atoms with E-state index in [2.05, 4.69) is 24.1 Å². The number of rotatable bonds is 7. The number of ether oxygens (including phenoxy) is 1. The monoisotopic (exact) mass is 262 g/mol. The van der Waals surface area contributed by atoms with E-state index in [1.165, 1.54) is 25.7 Å². The van der Waals surface area contributed by atoms with Gasteiger partial charge in [0.05, 0.1) is 12.8 Å². The molecule has 1 saturated carbocycles. The molecule has 1 atom stereocenters. The van der Waals surface area contributed by atoms with Gasteiger partial charge in [-0.05, 0) is 32.6 Å². The molecule has 3 nitrogen and oxygen atoms in total. The van der Waals surface area contributed by atoms with Crippen molar-refractivity contribution in [2.45, 2.75) is 59.0 Å². The Kier molecular flexibility index (Phi) is 4.81. The number of pyridine rings is 1. The Morgan fingerprint density at radius 3 is 2.74 bits per heavy atom. The fourth-order valence-electron chi connectivity index (χ4n) is 2.64. The highest BCUT2D eigenvalue weighted by Crippen LogP contribution is 2.34. The van der Waals surface area contributed by atoms with Gasteiger partial charge in [0.15, 0.2) is 0 Å². The second kappa shape index (κ2) is 6.38. The molecule has 0 aromatic carbocycles. The van der Waals surface area contributed by atoms with Crippen molar-refractivity contribution in [2.24, 2.45) is 5.92 Å². The predicted octanol–water partition coefficient (Wildman–Crippen LogP) is 3.38. The van der Waals surface area contributed by atoms with Crippen LogP contribution in [0.15, 0.2) is 6.20 Å². The minimum absolute atomic E-state index is 0.626. The second-order valence-corrected chi connectivity index (χ2v) is 5.71. The van der Waals surface area contributed by atoms with Crippen molar-refractivity contribution in [1.29, 1.82) is 0 Å². The van der Waals surface area contributed by atoms with E-state index in [-0.39, 0.29) is 0 Å². The fourth-order valence-corrected chi connectivity index (χ4v) is 2.64. The van der Waals surface area contributed by atoms with Gasteiger partial charge >= 0.3 is 0 Å². The van der Waals surface area contributed by atoms with Gasteiger partial charge in [-0.2, -0.15) is 0 Å². The van der Waals surface area contributed by atoms with Crippen LogP contribution in [0.25, 0.3) is 0 Å². The molecule has 1 fully saturated rings. The van der Waals surface area contributed by atoms with Gasteiger partial charge in [-0.3, -0.25) is 4.98 Å². The molecule has 19 heavy (non-hydrogen) atoms.